The van der Waals surface area contributed by atoms with Crippen molar-refractivity contribution < 1.29 is 19.7 Å². The van der Waals surface area contributed by atoms with Crippen molar-refractivity contribution in [3.8, 4) is 11.5 Å². The smallest absolute Gasteiger partial charge is 0.119 e. The van der Waals surface area contributed by atoms with Crippen LogP contribution >= 0.6 is 0 Å². The molecule has 0 amide bonds. The summed E-state index contributed by atoms with van der Waals surface area (Å²) < 4.78 is 11.5. The van der Waals surface area contributed by atoms with Crippen molar-refractivity contribution in [2.24, 2.45) is 16.7 Å². The molecule has 6 rings (SSSR count). The third-order valence-electron chi connectivity index (χ3n) is 10.3. The number of hydrogen-bond acceptors (Lipinski definition) is 5. The molecule has 2 unspecified atom stereocenters. The molecule has 1 saturated heterocycles. The number of aryl methyl sites for hydroxylation is 1. The van der Waals surface area contributed by atoms with Crippen molar-refractivity contribution in [3.63, 3.8) is 0 Å². The summed E-state index contributed by atoms with van der Waals surface area (Å²) in [6.45, 7) is 11.9. The number of benzene rings is 2. The SMILES string of the molecule is C=C[C@@]12CCc3cc(O)ccc3C1[C@@H](c1ccc(OCCN3CCOCC3)cc1)C[C@@]1(C)C2CC[C@@H]1O. The first-order chi connectivity index (χ1) is 17.9. The fraction of sp³-hybridized carbons (Fsp3) is 0.562. The summed E-state index contributed by atoms with van der Waals surface area (Å²) in [5.74, 6) is 2.21. The molecular weight excluding hydrogens is 462 g/mol. The third kappa shape index (κ3) is 4.20. The Kier molecular flexibility index (Phi) is 6.58. The number of nitrogens with zero attached hydrogens (tertiary/aromatic N) is 1. The van der Waals surface area contributed by atoms with Crippen LogP contribution in [0.1, 0.15) is 61.1 Å². The molecule has 1 heterocycles. The molecule has 2 aromatic rings. The number of fused-ring (bicyclic) bond motifs is 5. The topological polar surface area (TPSA) is 62.2 Å². The fourth-order valence-corrected chi connectivity index (χ4v) is 8.47. The van der Waals surface area contributed by atoms with E-state index in [9.17, 15) is 10.2 Å². The summed E-state index contributed by atoms with van der Waals surface area (Å²) in [6, 6.07) is 14.7. The number of aromatic hydroxyl groups is 1. The second-order valence-corrected chi connectivity index (χ2v) is 12.0. The van der Waals surface area contributed by atoms with Gasteiger partial charge in [0.2, 0.25) is 0 Å². The highest BCUT2D eigenvalue weighted by molar-refractivity contribution is 5.46. The quantitative estimate of drug-likeness (QED) is 0.526. The van der Waals surface area contributed by atoms with Crippen molar-refractivity contribution in [2.75, 3.05) is 39.5 Å². The summed E-state index contributed by atoms with van der Waals surface area (Å²) in [7, 11) is 0. The van der Waals surface area contributed by atoms with Gasteiger partial charge in [-0.3, -0.25) is 4.90 Å². The molecule has 3 aliphatic carbocycles. The van der Waals surface area contributed by atoms with E-state index in [-0.39, 0.29) is 28.8 Å². The van der Waals surface area contributed by atoms with E-state index < -0.39 is 0 Å². The first kappa shape index (κ1) is 25.0. The van der Waals surface area contributed by atoms with Gasteiger partial charge in [0.05, 0.1) is 19.3 Å². The lowest BCUT2D eigenvalue weighted by molar-refractivity contribution is -0.0630. The van der Waals surface area contributed by atoms with Gasteiger partial charge in [0.15, 0.2) is 0 Å². The average molecular weight is 504 g/mol. The van der Waals surface area contributed by atoms with E-state index in [2.05, 4.69) is 54.8 Å². The normalized spacial score (nSPS) is 35.3. The van der Waals surface area contributed by atoms with Crippen LogP contribution in [0.3, 0.4) is 0 Å². The molecule has 1 aliphatic heterocycles. The Hall–Kier alpha value is -2.34. The Labute approximate surface area is 221 Å². The number of ether oxygens (including phenoxy) is 2. The lowest BCUT2D eigenvalue weighted by Crippen LogP contribution is -2.53. The highest BCUT2D eigenvalue weighted by Gasteiger charge is 2.63. The summed E-state index contributed by atoms with van der Waals surface area (Å²) >= 11 is 0. The van der Waals surface area contributed by atoms with E-state index >= 15 is 0 Å². The van der Waals surface area contributed by atoms with Crippen LogP contribution in [0.15, 0.2) is 55.1 Å². The number of allylic oxidation sites excluding steroid dienone is 1. The molecule has 4 aliphatic rings. The van der Waals surface area contributed by atoms with Crippen LogP contribution in [0.5, 0.6) is 11.5 Å². The molecule has 5 heteroatoms. The molecule has 0 bridgehead atoms. The van der Waals surface area contributed by atoms with Crippen molar-refractivity contribution in [1.29, 1.82) is 0 Å². The van der Waals surface area contributed by atoms with Crippen molar-refractivity contribution in [1.82, 2.24) is 4.90 Å². The predicted octanol–water partition coefficient (Wildman–Crippen LogP) is 5.27. The van der Waals surface area contributed by atoms with E-state index in [1.807, 2.05) is 12.1 Å². The van der Waals surface area contributed by atoms with Crippen LogP contribution in [-0.4, -0.2) is 60.7 Å². The van der Waals surface area contributed by atoms with Crippen LogP contribution in [-0.2, 0) is 11.2 Å². The molecule has 0 spiro atoms. The molecular formula is C32H41NO4. The van der Waals surface area contributed by atoms with Gasteiger partial charge < -0.3 is 19.7 Å². The summed E-state index contributed by atoms with van der Waals surface area (Å²) in [6.07, 6.45) is 6.80. The van der Waals surface area contributed by atoms with Gasteiger partial charge in [-0.1, -0.05) is 31.2 Å². The minimum Gasteiger partial charge on any atom is -0.508 e. The van der Waals surface area contributed by atoms with Crippen molar-refractivity contribution in [3.05, 3.63) is 71.8 Å². The zero-order chi connectivity index (χ0) is 25.6. The Bertz CT molecular complexity index is 1130. The molecule has 198 valence electrons. The highest BCUT2D eigenvalue weighted by atomic mass is 16.5. The minimum absolute atomic E-state index is 0.0630. The highest BCUT2D eigenvalue weighted by Crippen LogP contribution is 2.71. The maximum absolute atomic E-state index is 11.2. The number of phenolic OH excluding ortho intramolecular Hbond substituents is 1. The average Bonchev–Trinajstić information content (AvgIpc) is 3.23. The van der Waals surface area contributed by atoms with Crippen LogP contribution in [0.25, 0.3) is 0 Å². The lowest BCUT2D eigenvalue weighted by atomic mass is 9.44. The standard InChI is InChI=1S/C32H41NO4/c1-3-32-13-12-23-20-24(34)6-9-26(23)30(32)27(21-31(2)28(32)10-11-29(31)35)22-4-7-25(8-5-22)37-19-16-33-14-17-36-18-15-33/h3-9,20,27-30,34-35H,1,10-19,21H2,2H3/t27-,28?,29+,30?,31+,32+/m1/s1. The molecule has 2 saturated carbocycles. The van der Waals surface area contributed by atoms with Gasteiger partial charge >= 0.3 is 0 Å². The number of aliphatic hydroxyl groups is 1. The van der Waals surface area contributed by atoms with E-state index in [1.165, 1.54) is 16.7 Å². The molecule has 0 aromatic heterocycles. The lowest BCUT2D eigenvalue weighted by Gasteiger charge is -2.60. The first-order valence-electron chi connectivity index (χ1n) is 14.1. The summed E-state index contributed by atoms with van der Waals surface area (Å²) in [5.41, 5.74) is 3.72. The summed E-state index contributed by atoms with van der Waals surface area (Å²) in [5, 5.41) is 21.5. The predicted molar refractivity (Wildman–Crippen MR) is 145 cm³/mol. The molecule has 5 nitrogen and oxygen atoms in total. The van der Waals surface area contributed by atoms with E-state index in [0.29, 0.717) is 18.3 Å². The monoisotopic (exact) mass is 503 g/mol. The van der Waals surface area contributed by atoms with Crippen LogP contribution in [0.2, 0.25) is 0 Å². The third-order valence-corrected chi connectivity index (χ3v) is 10.3. The van der Waals surface area contributed by atoms with Crippen LogP contribution in [0, 0.1) is 16.7 Å². The Morgan fingerprint density at radius 3 is 2.68 bits per heavy atom. The van der Waals surface area contributed by atoms with Gasteiger partial charge in [0.1, 0.15) is 18.1 Å². The van der Waals surface area contributed by atoms with Gasteiger partial charge in [-0.15, -0.1) is 6.58 Å². The van der Waals surface area contributed by atoms with E-state index in [1.54, 1.807) is 0 Å². The van der Waals surface area contributed by atoms with E-state index in [4.69, 9.17) is 9.47 Å². The Morgan fingerprint density at radius 1 is 1.14 bits per heavy atom. The summed E-state index contributed by atoms with van der Waals surface area (Å²) in [4.78, 5) is 2.39. The molecule has 6 atom stereocenters. The number of rotatable bonds is 6. The van der Waals surface area contributed by atoms with Gasteiger partial charge in [-0.2, -0.15) is 0 Å². The molecule has 3 fully saturated rings. The van der Waals surface area contributed by atoms with Gasteiger partial charge in [0, 0.05) is 25.6 Å². The largest absolute Gasteiger partial charge is 0.508 e. The first-order valence-corrected chi connectivity index (χ1v) is 14.1. The van der Waals surface area contributed by atoms with Gasteiger partial charge in [-0.05, 0) is 95.7 Å². The number of aliphatic hydroxyl groups excluding tert-OH is 1. The van der Waals surface area contributed by atoms with Crippen LogP contribution in [0.4, 0.5) is 0 Å². The van der Waals surface area contributed by atoms with Crippen molar-refractivity contribution in [2.45, 2.75) is 57.0 Å². The fourth-order valence-electron chi connectivity index (χ4n) is 8.47. The minimum atomic E-state index is -0.276. The Balaban J connectivity index is 1.31. The number of morpholine rings is 1. The molecule has 37 heavy (non-hydrogen) atoms. The molecule has 2 aromatic carbocycles. The second-order valence-electron chi connectivity index (χ2n) is 12.0. The van der Waals surface area contributed by atoms with Crippen LogP contribution < -0.4 is 4.74 Å². The molecule has 0 radical (unpaired) electrons. The van der Waals surface area contributed by atoms with E-state index in [0.717, 1.165) is 70.7 Å². The van der Waals surface area contributed by atoms with Gasteiger partial charge in [-0.25, -0.2) is 0 Å². The maximum atomic E-state index is 11.2. The Morgan fingerprint density at radius 2 is 1.92 bits per heavy atom. The molecule has 2 N–H and O–H groups in total. The zero-order valence-electron chi connectivity index (χ0n) is 22.1. The maximum Gasteiger partial charge on any atom is 0.119 e. The zero-order valence-corrected chi connectivity index (χ0v) is 22.1. The van der Waals surface area contributed by atoms with Crippen molar-refractivity contribution >= 4 is 0 Å². The number of phenols is 1. The number of hydrogen-bond donors (Lipinski definition) is 2. The van der Waals surface area contributed by atoms with Gasteiger partial charge in [0.25, 0.3) is 0 Å². The second kappa shape index (κ2) is 9.76.